The summed E-state index contributed by atoms with van der Waals surface area (Å²) in [5.41, 5.74) is 0.0540. The maximum Gasteiger partial charge on any atom is 0.238 e. The first-order valence-corrected chi connectivity index (χ1v) is 11.7. The Morgan fingerprint density at radius 2 is 1.79 bits per heavy atom. The van der Waals surface area contributed by atoms with Crippen LogP contribution in [-0.2, 0) is 21.2 Å². The van der Waals surface area contributed by atoms with Gasteiger partial charge in [-0.05, 0) is 59.8 Å². The lowest BCUT2D eigenvalue weighted by atomic mass is 10.2. The van der Waals surface area contributed by atoms with Gasteiger partial charge in [0.25, 0.3) is 0 Å². The van der Waals surface area contributed by atoms with Crippen LogP contribution in [0.5, 0.6) is 0 Å². The molecule has 3 aromatic rings. The van der Waals surface area contributed by atoms with Crippen LogP contribution in [0.1, 0.15) is 19.2 Å². The van der Waals surface area contributed by atoms with Crippen LogP contribution in [0.3, 0.4) is 0 Å². The summed E-state index contributed by atoms with van der Waals surface area (Å²) in [5.74, 6) is -4.76. The van der Waals surface area contributed by atoms with Crippen LogP contribution in [0.2, 0.25) is 0 Å². The average Bonchev–Trinajstić information content (AvgIpc) is 3.22. The van der Waals surface area contributed by atoms with Gasteiger partial charge in [-0.15, -0.1) is 5.10 Å². The van der Waals surface area contributed by atoms with Crippen molar-refractivity contribution >= 4 is 21.4 Å². The molecule has 0 aliphatic heterocycles. The summed E-state index contributed by atoms with van der Waals surface area (Å²) in [4.78, 5) is 14.3. The Kier molecular flexibility index (Phi) is 7.43. The van der Waals surface area contributed by atoms with Crippen LogP contribution < -0.4 is 5.32 Å². The van der Waals surface area contributed by atoms with E-state index < -0.39 is 38.9 Å². The number of anilines is 1. The molecule has 0 fully saturated rings. The van der Waals surface area contributed by atoms with Crippen LogP contribution in [0.25, 0.3) is 5.69 Å². The van der Waals surface area contributed by atoms with Crippen molar-refractivity contribution < 1.29 is 26.4 Å². The number of nitrogens with one attached hydrogen (secondary N) is 1. The van der Waals surface area contributed by atoms with E-state index in [0.29, 0.717) is 24.5 Å². The van der Waals surface area contributed by atoms with E-state index in [4.69, 9.17) is 0 Å². The molecule has 0 atom stereocenters. The standard InChI is InChI=1S/C20H21F3N6O3S/c1-3-10-28(12-18(30)24-16-9-8-15(21)19(22)20(16)23)11-17-25-26-27-29(17)13-4-6-14(7-5-13)33(2,31)32/h4-9H,3,10-12H2,1-2H3,(H,24,30). The number of rotatable bonds is 9. The number of carbonyl (C=O) groups is 1. The number of tetrazole rings is 1. The molecule has 1 amide bonds. The Morgan fingerprint density at radius 1 is 1.09 bits per heavy atom. The van der Waals surface area contributed by atoms with Crippen molar-refractivity contribution in [3.63, 3.8) is 0 Å². The van der Waals surface area contributed by atoms with E-state index in [0.717, 1.165) is 18.4 Å². The molecule has 1 aromatic heterocycles. The van der Waals surface area contributed by atoms with Gasteiger partial charge in [0.05, 0.1) is 29.4 Å². The second-order valence-electron chi connectivity index (χ2n) is 7.25. The topological polar surface area (TPSA) is 110 Å². The molecule has 0 spiro atoms. The van der Waals surface area contributed by atoms with Crippen molar-refractivity contribution in [1.82, 2.24) is 25.1 Å². The number of nitrogens with zero attached hydrogens (tertiary/aromatic N) is 5. The lowest BCUT2D eigenvalue weighted by Crippen LogP contribution is -2.34. The van der Waals surface area contributed by atoms with Gasteiger partial charge >= 0.3 is 0 Å². The molecule has 1 heterocycles. The monoisotopic (exact) mass is 482 g/mol. The summed E-state index contributed by atoms with van der Waals surface area (Å²) in [5, 5.41) is 13.8. The van der Waals surface area contributed by atoms with Gasteiger partial charge in [-0.25, -0.2) is 21.6 Å². The van der Waals surface area contributed by atoms with E-state index in [1.54, 1.807) is 17.0 Å². The second kappa shape index (κ2) is 10.1. The zero-order chi connectivity index (χ0) is 24.2. The number of benzene rings is 2. The molecule has 0 unspecified atom stereocenters. The molecule has 0 saturated heterocycles. The van der Waals surface area contributed by atoms with E-state index in [2.05, 4.69) is 20.8 Å². The Labute approximate surface area is 188 Å². The van der Waals surface area contributed by atoms with Gasteiger partial charge in [0, 0.05) is 6.26 Å². The Bertz CT molecular complexity index is 1250. The minimum atomic E-state index is -3.36. The molecule has 2 aromatic carbocycles. The van der Waals surface area contributed by atoms with Gasteiger partial charge in [0.15, 0.2) is 33.1 Å². The first-order valence-electron chi connectivity index (χ1n) is 9.83. The second-order valence-corrected chi connectivity index (χ2v) is 9.27. The van der Waals surface area contributed by atoms with Crippen molar-refractivity contribution in [2.24, 2.45) is 0 Å². The molecule has 0 bridgehead atoms. The fourth-order valence-electron chi connectivity index (χ4n) is 3.08. The SMILES string of the molecule is CCCN(CC(=O)Nc1ccc(F)c(F)c1F)Cc1nnnn1-c1ccc(S(C)(=O)=O)cc1. The van der Waals surface area contributed by atoms with Crippen molar-refractivity contribution in [2.45, 2.75) is 24.8 Å². The summed E-state index contributed by atoms with van der Waals surface area (Å²) in [6, 6.07) is 7.64. The van der Waals surface area contributed by atoms with Crippen LogP contribution in [0.15, 0.2) is 41.3 Å². The lowest BCUT2D eigenvalue weighted by molar-refractivity contribution is -0.117. The zero-order valence-electron chi connectivity index (χ0n) is 17.8. The molecule has 0 radical (unpaired) electrons. The molecule has 0 aliphatic rings. The third-order valence-corrected chi connectivity index (χ3v) is 5.75. The number of halogens is 3. The van der Waals surface area contributed by atoms with Crippen molar-refractivity contribution in [2.75, 3.05) is 24.7 Å². The molecule has 13 heteroatoms. The van der Waals surface area contributed by atoms with Crippen molar-refractivity contribution in [3.8, 4) is 5.69 Å². The molecule has 0 aliphatic carbocycles. The van der Waals surface area contributed by atoms with E-state index in [1.165, 1.54) is 16.8 Å². The van der Waals surface area contributed by atoms with Crippen LogP contribution in [0, 0.1) is 17.5 Å². The maximum absolute atomic E-state index is 13.8. The summed E-state index contributed by atoms with van der Waals surface area (Å²) in [6.07, 6.45) is 1.78. The Morgan fingerprint density at radius 3 is 2.42 bits per heavy atom. The predicted molar refractivity (Wildman–Crippen MR) is 113 cm³/mol. The first kappa shape index (κ1) is 24.3. The number of sulfone groups is 1. The van der Waals surface area contributed by atoms with Gasteiger partial charge in [0.2, 0.25) is 5.91 Å². The molecule has 0 saturated carbocycles. The highest BCUT2D eigenvalue weighted by Crippen LogP contribution is 2.20. The number of hydrogen-bond donors (Lipinski definition) is 1. The summed E-state index contributed by atoms with van der Waals surface area (Å²) in [6.45, 7) is 2.31. The maximum atomic E-state index is 13.8. The smallest absolute Gasteiger partial charge is 0.238 e. The van der Waals surface area contributed by atoms with Crippen molar-refractivity contribution in [3.05, 3.63) is 59.7 Å². The molecular formula is C20H21F3N6O3S. The Balaban J connectivity index is 1.74. The van der Waals surface area contributed by atoms with Crippen LogP contribution in [0.4, 0.5) is 18.9 Å². The number of hydrogen-bond acceptors (Lipinski definition) is 7. The Hall–Kier alpha value is -3.32. The molecule has 9 nitrogen and oxygen atoms in total. The van der Waals surface area contributed by atoms with Gasteiger partial charge < -0.3 is 5.32 Å². The number of amides is 1. The highest BCUT2D eigenvalue weighted by atomic mass is 32.2. The van der Waals surface area contributed by atoms with E-state index >= 15 is 0 Å². The molecule has 33 heavy (non-hydrogen) atoms. The third kappa shape index (κ3) is 5.93. The van der Waals surface area contributed by atoms with E-state index in [1.807, 2.05) is 6.92 Å². The number of aromatic nitrogens is 4. The largest absolute Gasteiger partial charge is 0.322 e. The van der Waals surface area contributed by atoms with Crippen molar-refractivity contribution in [1.29, 1.82) is 0 Å². The normalized spacial score (nSPS) is 11.7. The third-order valence-electron chi connectivity index (χ3n) is 4.62. The minimum absolute atomic E-state index is 0.141. The van der Waals surface area contributed by atoms with Gasteiger partial charge in [-0.1, -0.05) is 6.92 Å². The van der Waals surface area contributed by atoms with E-state index in [9.17, 15) is 26.4 Å². The lowest BCUT2D eigenvalue weighted by Gasteiger charge is -2.20. The fourth-order valence-corrected chi connectivity index (χ4v) is 3.72. The predicted octanol–water partition coefficient (Wildman–Crippen LogP) is 2.33. The molecule has 1 N–H and O–H groups in total. The van der Waals surface area contributed by atoms with E-state index in [-0.39, 0.29) is 18.0 Å². The average molecular weight is 482 g/mol. The summed E-state index contributed by atoms with van der Waals surface area (Å²) < 4.78 is 65.0. The van der Waals surface area contributed by atoms with Crippen LogP contribution in [-0.4, -0.2) is 58.8 Å². The fraction of sp³-hybridized carbons (Fsp3) is 0.300. The van der Waals surface area contributed by atoms with Gasteiger partial charge in [0.1, 0.15) is 0 Å². The van der Waals surface area contributed by atoms with Crippen LogP contribution >= 0.6 is 0 Å². The highest BCUT2D eigenvalue weighted by molar-refractivity contribution is 7.90. The van der Waals surface area contributed by atoms with Gasteiger partial charge in [-0.2, -0.15) is 4.68 Å². The molecule has 3 rings (SSSR count). The van der Waals surface area contributed by atoms with Gasteiger partial charge in [-0.3, -0.25) is 9.69 Å². The number of carbonyl (C=O) groups excluding carboxylic acids is 1. The summed E-state index contributed by atoms with van der Waals surface area (Å²) in [7, 11) is -3.36. The quantitative estimate of drug-likeness (QED) is 0.466. The zero-order valence-corrected chi connectivity index (χ0v) is 18.6. The molecular weight excluding hydrogens is 461 g/mol. The summed E-state index contributed by atoms with van der Waals surface area (Å²) >= 11 is 0. The highest BCUT2D eigenvalue weighted by Gasteiger charge is 2.19. The first-order chi connectivity index (χ1) is 15.6. The molecule has 176 valence electrons. The minimum Gasteiger partial charge on any atom is -0.322 e.